The van der Waals surface area contributed by atoms with Gasteiger partial charge in [0.15, 0.2) is 0 Å². The second kappa shape index (κ2) is 9.71. The Labute approximate surface area is 167 Å². The highest BCUT2D eigenvalue weighted by Gasteiger charge is 2.21. The van der Waals surface area contributed by atoms with Crippen LogP contribution in [0.5, 0.6) is 5.75 Å². The molecule has 5 nitrogen and oxygen atoms in total. The summed E-state index contributed by atoms with van der Waals surface area (Å²) in [6, 6.07) is 15.7. The predicted octanol–water partition coefficient (Wildman–Crippen LogP) is 3.62. The van der Waals surface area contributed by atoms with Gasteiger partial charge in [0.2, 0.25) is 0 Å². The van der Waals surface area contributed by atoms with Crippen molar-refractivity contribution in [2.75, 3.05) is 19.7 Å². The minimum absolute atomic E-state index is 0.0802. The fraction of sp³-hybridized carbons (Fsp3) is 0.435. The lowest BCUT2D eigenvalue weighted by molar-refractivity contribution is -0.0704. The third-order valence-corrected chi connectivity index (χ3v) is 4.80. The maximum Gasteiger partial charge on any atom is 0.251 e. The van der Waals surface area contributed by atoms with Crippen LogP contribution in [0, 0.1) is 0 Å². The first-order valence-corrected chi connectivity index (χ1v) is 10.00. The van der Waals surface area contributed by atoms with Gasteiger partial charge in [-0.15, -0.1) is 0 Å². The molecule has 1 amide bonds. The maximum absolute atomic E-state index is 12.3. The van der Waals surface area contributed by atoms with Crippen molar-refractivity contribution in [3.63, 3.8) is 0 Å². The number of nitrogens with zero attached hydrogens (tertiary/aromatic N) is 1. The van der Waals surface area contributed by atoms with E-state index in [2.05, 4.69) is 48.3 Å². The van der Waals surface area contributed by atoms with Crippen molar-refractivity contribution in [1.82, 2.24) is 10.2 Å². The van der Waals surface area contributed by atoms with Gasteiger partial charge in [-0.1, -0.05) is 24.3 Å². The van der Waals surface area contributed by atoms with Crippen molar-refractivity contribution >= 4 is 5.91 Å². The molecule has 2 atom stereocenters. The summed E-state index contributed by atoms with van der Waals surface area (Å²) in [6.07, 6.45) is 0.557. The lowest BCUT2D eigenvalue weighted by Gasteiger charge is -2.35. The highest BCUT2D eigenvalue weighted by molar-refractivity contribution is 5.94. The number of carbonyl (C=O) groups is 1. The van der Waals surface area contributed by atoms with Crippen molar-refractivity contribution in [3.05, 3.63) is 65.2 Å². The van der Waals surface area contributed by atoms with Crippen molar-refractivity contribution in [2.45, 2.75) is 46.1 Å². The van der Waals surface area contributed by atoms with Crippen molar-refractivity contribution in [2.24, 2.45) is 0 Å². The standard InChI is InChI=1S/C23H30N2O3/c1-4-27-22-11-9-21(10-12-22)23(26)24-13-19-5-7-20(8-6-19)16-25-14-17(2)28-18(3)15-25/h5-12,17-18H,4,13-16H2,1-3H3,(H,24,26). The van der Waals surface area contributed by atoms with E-state index in [9.17, 15) is 4.79 Å². The SMILES string of the molecule is CCOc1ccc(C(=O)NCc2ccc(CN3CC(C)OC(C)C3)cc2)cc1. The molecule has 2 aromatic rings. The summed E-state index contributed by atoms with van der Waals surface area (Å²) in [5.74, 6) is 0.696. The monoisotopic (exact) mass is 382 g/mol. The maximum atomic E-state index is 12.3. The van der Waals surface area contributed by atoms with Gasteiger partial charge in [0, 0.05) is 31.7 Å². The summed E-state index contributed by atoms with van der Waals surface area (Å²) in [5, 5.41) is 2.97. The number of hydrogen-bond donors (Lipinski definition) is 1. The van der Waals surface area contributed by atoms with Gasteiger partial charge in [-0.3, -0.25) is 9.69 Å². The van der Waals surface area contributed by atoms with E-state index in [1.165, 1.54) is 5.56 Å². The predicted molar refractivity (Wildman–Crippen MR) is 111 cm³/mol. The van der Waals surface area contributed by atoms with E-state index in [0.717, 1.165) is 30.9 Å². The molecule has 0 radical (unpaired) electrons. The molecule has 150 valence electrons. The van der Waals surface area contributed by atoms with E-state index in [1.807, 2.05) is 19.1 Å². The second-order valence-corrected chi connectivity index (χ2v) is 7.41. The molecule has 0 bridgehead atoms. The van der Waals surface area contributed by atoms with Crippen LogP contribution in [0.25, 0.3) is 0 Å². The Morgan fingerprint density at radius 1 is 1.04 bits per heavy atom. The van der Waals surface area contributed by atoms with Crippen LogP contribution in [-0.4, -0.2) is 42.7 Å². The molecule has 2 unspecified atom stereocenters. The number of carbonyl (C=O) groups excluding carboxylic acids is 1. The minimum atomic E-state index is -0.0802. The average Bonchev–Trinajstić information content (AvgIpc) is 2.67. The lowest BCUT2D eigenvalue weighted by Crippen LogP contribution is -2.44. The first kappa shape index (κ1) is 20.4. The van der Waals surface area contributed by atoms with Gasteiger partial charge in [-0.05, 0) is 56.2 Å². The normalized spacial score (nSPS) is 20.0. The number of benzene rings is 2. The van der Waals surface area contributed by atoms with Crippen LogP contribution in [0.2, 0.25) is 0 Å². The molecule has 3 rings (SSSR count). The zero-order valence-corrected chi connectivity index (χ0v) is 17.0. The number of nitrogens with one attached hydrogen (secondary N) is 1. The van der Waals surface area contributed by atoms with Crippen molar-refractivity contribution in [1.29, 1.82) is 0 Å². The van der Waals surface area contributed by atoms with E-state index in [-0.39, 0.29) is 18.1 Å². The molecule has 1 aliphatic heterocycles. The van der Waals surface area contributed by atoms with Gasteiger partial charge in [0.1, 0.15) is 5.75 Å². The Hall–Kier alpha value is -2.37. The van der Waals surface area contributed by atoms with E-state index in [4.69, 9.17) is 9.47 Å². The quantitative estimate of drug-likeness (QED) is 0.795. The van der Waals surface area contributed by atoms with Crippen molar-refractivity contribution in [3.8, 4) is 5.75 Å². The summed E-state index contributed by atoms with van der Waals surface area (Å²) in [4.78, 5) is 14.7. The van der Waals surface area contributed by atoms with E-state index < -0.39 is 0 Å². The minimum Gasteiger partial charge on any atom is -0.494 e. The molecule has 1 N–H and O–H groups in total. The van der Waals surface area contributed by atoms with Gasteiger partial charge in [-0.2, -0.15) is 0 Å². The molecule has 28 heavy (non-hydrogen) atoms. The Morgan fingerprint density at radius 3 is 2.25 bits per heavy atom. The van der Waals surface area contributed by atoms with Gasteiger partial charge in [-0.25, -0.2) is 0 Å². The first-order chi connectivity index (χ1) is 13.5. The molecular formula is C23H30N2O3. The molecule has 0 aliphatic carbocycles. The Bertz CT molecular complexity index is 748. The van der Waals surface area contributed by atoms with Crippen molar-refractivity contribution < 1.29 is 14.3 Å². The highest BCUT2D eigenvalue weighted by Crippen LogP contribution is 2.15. The first-order valence-electron chi connectivity index (χ1n) is 10.00. The van der Waals surface area contributed by atoms with Crippen LogP contribution in [0.1, 0.15) is 42.3 Å². The Kier molecular flexibility index (Phi) is 7.06. The zero-order chi connectivity index (χ0) is 19.9. The van der Waals surface area contributed by atoms with E-state index >= 15 is 0 Å². The van der Waals surface area contributed by atoms with Gasteiger partial charge in [0.25, 0.3) is 5.91 Å². The third kappa shape index (κ3) is 5.81. The molecule has 1 heterocycles. The van der Waals surface area contributed by atoms with E-state index in [0.29, 0.717) is 18.7 Å². The van der Waals surface area contributed by atoms with Crippen LogP contribution in [0.15, 0.2) is 48.5 Å². The molecule has 0 aromatic heterocycles. The topological polar surface area (TPSA) is 50.8 Å². The summed E-state index contributed by atoms with van der Waals surface area (Å²) >= 11 is 0. The van der Waals surface area contributed by atoms with Crippen LogP contribution in [0.4, 0.5) is 0 Å². The fourth-order valence-corrected chi connectivity index (χ4v) is 3.59. The highest BCUT2D eigenvalue weighted by atomic mass is 16.5. The summed E-state index contributed by atoms with van der Waals surface area (Å²) in [5.41, 5.74) is 3.00. The molecular weight excluding hydrogens is 352 g/mol. The van der Waals surface area contributed by atoms with Crippen LogP contribution in [0.3, 0.4) is 0 Å². The molecule has 2 aromatic carbocycles. The number of hydrogen-bond acceptors (Lipinski definition) is 4. The fourth-order valence-electron chi connectivity index (χ4n) is 3.59. The smallest absolute Gasteiger partial charge is 0.251 e. The number of amides is 1. The number of rotatable bonds is 7. The van der Waals surface area contributed by atoms with Gasteiger partial charge in [0.05, 0.1) is 18.8 Å². The molecule has 1 fully saturated rings. The molecule has 0 spiro atoms. The average molecular weight is 383 g/mol. The lowest BCUT2D eigenvalue weighted by atomic mass is 10.1. The van der Waals surface area contributed by atoms with Crippen LogP contribution in [-0.2, 0) is 17.8 Å². The second-order valence-electron chi connectivity index (χ2n) is 7.41. The molecule has 1 aliphatic rings. The van der Waals surface area contributed by atoms with Crippen LogP contribution >= 0.6 is 0 Å². The summed E-state index contributed by atoms with van der Waals surface area (Å²) < 4.78 is 11.2. The Morgan fingerprint density at radius 2 is 1.64 bits per heavy atom. The zero-order valence-electron chi connectivity index (χ0n) is 17.0. The molecule has 0 saturated carbocycles. The molecule has 5 heteroatoms. The van der Waals surface area contributed by atoms with Gasteiger partial charge < -0.3 is 14.8 Å². The summed E-state index contributed by atoms with van der Waals surface area (Å²) in [6.45, 7) is 10.2. The molecule has 1 saturated heterocycles. The summed E-state index contributed by atoms with van der Waals surface area (Å²) in [7, 11) is 0. The Balaban J connectivity index is 1.49. The number of morpholine rings is 1. The van der Waals surface area contributed by atoms with Gasteiger partial charge >= 0.3 is 0 Å². The number of ether oxygens (including phenoxy) is 2. The third-order valence-electron chi connectivity index (χ3n) is 4.80. The van der Waals surface area contributed by atoms with Crippen LogP contribution < -0.4 is 10.1 Å². The largest absolute Gasteiger partial charge is 0.494 e. The van der Waals surface area contributed by atoms with E-state index in [1.54, 1.807) is 12.1 Å².